The third-order valence-corrected chi connectivity index (χ3v) is 7.40. The van der Waals surface area contributed by atoms with Crippen molar-refractivity contribution in [2.45, 2.75) is 38.7 Å². The minimum absolute atomic E-state index is 0.102. The van der Waals surface area contributed by atoms with Gasteiger partial charge >= 0.3 is 0 Å². The zero-order valence-electron chi connectivity index (χ0n) is 17.9. The molecule has 0 saturated carbocycles. The van der Waals surface area contributed by atoms with Crippen molar-refractivity contribution in [1.29, 1.82) is 0 Å². The summed E-state index contributed by atoms with van der Waals surface area (Å²) in [5.74, 6) is -0.200. The molecule has 0 radical (unpaired) electrons. The molecule has 1 heterocycles. The second-order valence-corrected chi connectivity index (χ2v) is 9.15. The Bertz CT molecular complexity index is 1070. The van der Waals surface area contributed by atoms with Gasteiger partial charge in [0.15, 0.2) is 6.79 Å². The van der Waals surface area contributed by atoms with Crippen LogP contribution in [0.15, 0.2) is 35.2 Å². The zero-order valence-corrected chi connectivity index (χ0v) is 18.7. The number of hydrogen-bond donors (Lipinski definition) is 1. The van der Waals surface area contributed by atoms with Gasteiger partial charge in [-0.15, -0.1) is 0 Å². The number of carbonyl (C=O) groups is 1. The number of ether oxygens (including phenoxy) is 2. The lowest BCUT2D eigenvalue weighted by Crippen LogP contribution is -2.31. The van der Waals surface area contributed by atoms with Gasteiger partial charge < -0.3 is 14.8 Å². The molecule has 0 fully saturated rings. The first-order valence-electron chi connectivity index (χ1n) is 10.2. The van der Waals surface area contributed by atoms with Crippen LogP contribution in [0, 0.1) is 12.7 Å². The maximum atomic E-state index is 13.9. The van der Waals surface area contributed by atoms with Crippen LogP contribution in [-0.2, 0) is 27.8 Å². The summed E-state index contributed by atoms with van der Waals surface area (Å²) in [6.07, 6.45) is 0.363. The van der Waals surface area contributed by atoms with E-state index in [1.54, 1.807) is 32.9 Å². The van der Waals surface area contributed by atoms with Gasteiger partial charge in [0.05, 0.1) is 11.5 Å². The average molecular weight is 451 g/mol. The molecule has 1 aliphatic heterocycles. The molecule has 0 bridgehead atoms. The van der Waals surface area contributed by atoms with E-state index in [2.05, 4.69) is 5.32 Å². The Labute approximate surface area is 182 Å². The molecule has 168 valence electrons. The van der Waals surface area contributed by atoms with Crippen LogP contribution in [0.1, 0.15) is 40.9 Å². The fraction of sp³-hybridized carbons (Fsp3) is 0.409. The minimum atomic E-state index is -3.68. The average Bonchev–Trinajstić information content (AvgIpc) is 2.74. The molecule has 3 rings (SSSR count). The predicted molar refractivity (Wildman–Crippen MR) is 114 cm³/mol. The van der Waals surface area contributed by atoms with Crippen LogP contribution in [0.5, 0.6) is 5.75 Å². The molecule has 2 aromatic rings. The maximum absolute atomic E-state index is 13.9. The van der Waals surface area contributed by atoms with Crippen LogP contribution in [0.4, 0.5) is 4.39 Å². The van der Waals surface area contributed by atoms with Crippen LogP contribution in [-0.4, -0.2) is 45.1 Å². The van der Waals surface area contributed by atoms with Gasteiger partial charge in [-0.25, -0.2) is 12.8 Å². The number of nitrogens with one attached hydrogen (secondary N) is 1. The van der Waals surface area contributed by atoms with E-state index in [0.717, 1.165) is 0 Å². The third-order valence-electron chi connectivity index (χ3n) is 5.21. The standard InChI is InChI=1S/C22H27FN2O5S/c1-4-25(5-2)31(27,28)20-12-17(7-6-15(20)3)22(26)24-9-8-16-10-19(23)11-18-13-29-14-30-21(16)18/h6-7,10-12H,4-5,8-9,13-14H2,1-3H3,(H,24,26). The molecular formula is C22H27FN2O5S. The van der Waals surface area contributed by atoms with Gasteiger partial charge in [0, 0.05) is 30.8 Å². The molecule has 0 spiro atoms. The number of nitrogens with zero attached hydrogens (tertiary/aromatic N) is 1. The molecule has 0 atom stereocenters. The first-order chi connectivity index (χ1) is 14.8. The Morgan fingerprint density at radius 2 is 1.94 bits per heavy atom. The molecule has 0 saturated heterocycles. The molecule has 7 nitrogen and oxygen atoms in total. The predicted octanol–water partition coefficient (Wildman–Crippen LogP) is 3.00. The van der Waals surface area contributed by atoms with Crippen molar-refractivity contribution in [3.8, 4) is 5.75 Å². The van der Waals surface area contributed by atoms with E-state index in [-0.39, 0.29) is 36.2 Å². The number of fused-ring (bicyclic) bond motifs is 1. The highest BCUT2D eigenvalue weighted by atomic mass is 32.2. The number of benzene rings is 2. The van der Waals surface area contributed by atoms with Crippen molar-refractivity contribution in [1.82, 2.24) is 9.62 Å². The number of halogens is 1. The Hall–Kier alpha value is -2.49. The topological polar surface area (TPSA) is 84.9 Å². The largest absolute Gasteiger partial charge is 0.467 e. The lowest BCUT2D eigenvalue weighted by atomic mass is 10.1. The monoisotopic (exact) mass is 450 g/mol. The highest BCUT2D eigenvalue weighted by molar-refractivity contribution is 7.89. The summed E-state index contributed by atoms with van der Waals surface area (Å²) < 4.78 is 51.7. The van der Waals surface area contributed by atoms with E-state index < -0.39 is 15.9 Å². The highest BCUT2D eigenvalue weighted by Gasteiger charge is 2.25. The number of hydrogen-bond acceptors (Lipinski definition) is 5. The van der Waals surface area contributed by atoms with E-state index in [9.17, 15) is 17.6 Å². The Balaban J connectivity index is 1.73. The molecular weight excluding hydrogens is 423 g/mol. The summed E-state index contributed by atoms with van der Waals surface area (Å²) in [6.45, 7) is 6.56. The van der Waals surface area contributed by atoms with Crippen LogP contribution >= 0.6 is 0 Å². The number of sulfonamides is 1. The number of amides is 1. The van der Waals surface area contributed by atoms with Crippen LogP contribution in [0.2, 0.25) is 0 Å². The Morgan fingerprint density at radius 3 is 2.65 bits per heavy atom. The SMILES string of the molecule is CCN(CC)S(=O)(=O)c1cc(C(=O)NCCc2cc(F)cc3c2OCOC3)ccc1C. The third kappa shape index (κ3) is 5.06. The molecule has 1 aliphatic rings. The minimum Gasteiger partial charge on any atom is -0.467 e. The summed E-state index contributed by atoms with van der Waals surface area (Å²) >= 11 is 0. The van der Waals surface area contributed by atoms with Crippen molar-refractivity contribution >= 4 is 15.9 Å². The smallest absolute Gasteiger partial charge is 0.251 e. The van der Waals surface area contributed by atoms with Crippen LogP contribution in [0.3, 0.4) is 0 Å². The van der Waals surface area contributed by atoms with E-state index in [0.29, 0.717) is 42.0 Å². The Morgan fingerprint density at radius 1 is 1.19 bits per heavy atom. The number of carbonyl (C=O) groups excluding carboxylic acids is 1. The first-order valence-corrected chi connectivity index (χ1v) is 11.6. The molecule has 2 aromatic carbocycles. The molecule has 1 N–H and O–H groups in total. The first kappa shape index (κ1) is 23.2. The molecule has 0 aromatic heterocycles. The van der Waals surface area contributed by atoms with Gasteiger partial charge in [-0.2, -0.15) is 4.31 Å². The van der Waals surface area contributed by atoms with E-state index in [1.165, 1.54) is 22.5 Å². The molecule has 9 heteroatoms. The van der Waals surface area contributed by atoms with Crippen LogP contribution in [0.25, 0.3) is 0 Å². The van der Waals surface area contributed by atoms with Gasteiger partial charge in [-0.1, -0.05) is 19.9 Å². The highest BCUT2D eigenvalue weighted by Crippen LogP contribution is 2.29. The summed E-state index contributed by atoms with van der Waals surface area (Å²) in [6, 6.07) is 7.39. The van der Waals surface area contributed by atoms with Gasteiger partial charge in [0.25, 0.3) is 5.91 Å². The summed E-state index contributed by atoms with van der Waals surface area (Å²) in [7, 11) is -3.68. The number of aryl methyl sites for hydroxylation is 1. The quantitative estimate of drug-likeness (QED) is 0.668. The van der Waals surface area contributed by atoms with Crippen molar-refractivity contribution in [2.75, 3.05) is 26.4 Å². The van der Waals surface area contributed by atoms with Gasteiger partial charge in [-0.05, 0) is 48.7 Å². The normalized spacial score (nSPS) is 13.6. The molecule has 0 aliphatic carbocycles. The second kappa shape index (κ2) is 9.76. The fourth-order valence-electron chi connectivity index (χ4n) is 3.58. The van der Waals surface area contributed by atoms with Crippen molar-refractivity contribution in [2.24, 2.45) is 0 Å². The number of rotatable bonds is 8. The maximum Gasteiger partial charge on any atom is 0.251 e. The lowest BCUT2D eigenvalue weighted by Gasteiger charge is -2.21. The van der Waals surface area contributed by atoms with Gasteiger partial charge in [0.2, 0.25) is 10.0 Å². The second-order valence-electron chi connectivity index (χ2n) is 7.24. The van der Waals surface area contributed by atoms with Crippen molar-refractivity contribution in [3.05, 3.63) is 58.4 Å². The van der Waals surface area contributed by atoms with Crippen LogP contribution < -0.4 is 10.1 Å². The summed E-state index contributed by atoms with van der Waals surface area (Å²) in [4.78, 5) is 12.8. The molecule has 31 heavy (non-hydrogen) atoms. The fourth-order valence-corrected chi connectivity index (χ4v) is 5.29. The van der Waals surface area contributed by atoms with Crippen molar-refractivity contribution in [3.63, 3.8) is 0 Å². The van der Waals surface area contributed by atoms with E-state index in [4.69, 9.17) is 9.47 Å². The van der Waals surface area contributed by atoms with E-state index in [1.807, 2.05) is 0 Å². The zero-order chi connectivity index (χ0) is 22.6. The van der Waals surface area contributed by atoms with Crippen molar-refractivity contribution < 1.29 is 27.1 Å². The molecule has 1 amide bonds. The lowest BCUT2D eigenvalue weighted by molar-refractivity contribution is -0.0172. The molecule has 0 unspecified atom stereocenters. The van der Waals surface area contributed by atoms with E-state index >= 15 is 0 Å². The van der Waals surface area contributed by atoms with Gasteiger partial charge in [-0.3, -0.25) is 4.79 Å². The summed E-state index contributed by atoms with van der Waals surface area (Å²) in [5.41, 5.74) is 2.11. The van der Waals surface area contributed by atoms with Gasteiger partial charge in [0.1, 0.15) is 11.6 Å². The summed E-state index contributed by atoms with van der Waals surface area (Å²) in [5, 5.41) is 2.77. The Kier molecular flexibility index (Phi) is 7.30.